The van der Waals surface area contributed by atoms with Crippen LogP contribution in [0.3, 0.4) is 0 Å². The Morgan fingerprint density at radius 2 is 2.11 bits per heavy atom. The van der Waals surface area contributed by atoms with Crippen molar-refractivity contribution < 1.29 is 4.92 Å². The van der Waals surface area contributed by atoms with Crippen molar-refractivity contribution in [2.24, 2.45) is 7.05 Å². The van der Waals surface area contributed by atoms with E-state index in [1.807, 2.05) is 6.92 Å². The van der Waals surface area contributed by atoms with Crippen LogP contribution in [0.4, 0.5) is 17.3 Å². The molecule has 0 aliphatic carbocycles. The van der Waals surface area contributed by atoms with Crippen LogP contribution in [0.2, 0.25) is 5.28 Å². The molecule has 0 radical (unpaired) electrons. The van der Waals surface area contributed by atoms with E-state index in [2.05, 4.69) is 20.4 Å². The van der Waals surface area contributed by atoms with Gasteiger partial charge in [0.15, 0.2) is 5.82 Å². The first kappa shape index (κ1) is 13.2. The van der Waals surface area contributed by atoms with E-state index in [9.17, 15) is 10.1 Å². The minimum atomic E-state index is -0.552. The van der Waals surface area contributed by atoms with Gasteiger partial charge in [-0.05, 0) is 25.4 Å². The molecule has 9 heteroatoms. The van der Waals surface area contributed by atoms with Crippen LogP contribution in [0.15, 0.2) is 6.07 Å². The molecule has 1 N–H and O–H groups in total. The van der Waals surface area contributed by atoms with Gasteiger partial charge in [-0.2, -0.15) is 10.1 Å². The molecule has 0 saturated carbocycles. The summed E-state index contributed by atoms with van der Waals surface area (Å²) in [5.74, 6) is 0.484. The smallest absolute Gasteiger partial charge is 0.318 e. The van der Waals surface area contributed by atoms with Gasteiger partial charge in [0.05, 0.1) is 4.92 Å². The first-order chi connectivity index (χ1) is 8.88. The molecule has 0 atom stereocenters. The SMILES string of the molecule is Cc1nc(Cl)nc(Nc2cc(C)n(C)n2)c1[N+](=O)[O-]. The van der Waals surface area contributed by atoms with Gasteiger partial charge in [0.1, 0.15) is 5.69 Å². The molecular formula is C10H11ClN6O2. The highest BCUT2D eigenvalue weighted by molar-refractivity contribution is 6.28. The monoisotopic (exact) mass is 282 g/mol. The zero-order chi connectivity index (χ0) is 14.2. The number of hydrogen-bond acceptors (Lipinski definition) is 6. The molecule has 0 saturated heterocycles. The zero-order valence-electron chi connectivity index (χ0n) is 10.5. The molecule has 0 aromatic carbocycles. The normalized spacial score (nSPS) is 10.5. The Bertz CT molecular complexity index is 634. The number of nitrogens with one attached hydrogen (secondary N) is 1. The Morgan fingerprint density at radius 1 is 1.42 bits per heavy atom. The molecule has 2 aromatic heterocycles. The minimum Gasteiger partial charge on any atom is -0.318 e. The lowest BCUT2D eigenvalue weighted by Gasteiger charge is -2.05. The third kappa shape index (κ3) is 2.63. The predicted molar refractivity (Wildman–Crippen MR) is 69.7 cm³/mol. The summed E-state index contributed by atoms with van der Waals surface area (Å²) in [7, 11) is 1.77. The lowest BCUT2D eigenvalue weighted by molar-refractivity contribution is -0.385. The number of aromatic nitrogens is 4. The second-order valence-corrected chi connectivity index (χ2v) is 4.29. The molecule has 19 heavy (non-hydrogen) atoms. The molecule has 8 nitrogen and oxygen atoms in total. The zero-order valence-corrected chi connectivity index (χ0v) is 11.3. The van der Waals surface area contributed by atoms with Crippen molar-refractivity contribution in [2.75, 3.05) is 5.32 Å². The van der Waals surface area contributed by atoms with Gasteiger partial charge in [0.25, 0.3) is 0 Å². The Hall–Kier alpha value is -2.22. The van der Waals surface area contributed by atoms with Crippen molar-refractivity contribution >= 4 is 28.9 Å². The molecule has 0 fully saturated rings. The Labute approximate surface area is 113 Å². The molecular weight excluding hydrogens is 272 g/mol. The third-order valence-corrected chi connectivity index (χ3v) is 2.74. The van der Waals surface area contributed by atoms with Crippen LogP contribution >= 0.6 is 11.6 Å². The molecule has 0 aliphatic rings. The first-order valence-corrected chi connectivity index (χ1v) is 5.72. The molecule has 0 aliphatic heterocycles. The molecule has 2 rings (SSSR count). The Balaban J connectivity index is 2.46. The van der Waals surface area contributed by atoms with Crippen molar-refractivity contribution in [3.63, 3.8) is 0 Å². The summed E-state index contributed by atoms with van der Waals surface area (Å²) < 4.78 is 1.64. The summed E-state index contributed by atoms with van der Waals surface area (Å²) in [6.45, 7) is 3.37. The van der Waals surface area contributed by atoms with Gasteiger partial charge in [-0.3, -0.25) is 14.8 Å². The number of hydrogen-bond donors (Lipinski definition) is 1. The highest BCUT2D eigenvalue weighted by Gasteiger charge is 2.22. The molecule has 0 unspecified atom stereocenters. The summed E-state index contributed by atoms with van der Waals surface area (Å²) in [6, 6.07) is 1.75. The van der Waals surface area contributed by atoms with Gasteiger partial charge in [0.2, 0.25) is 11.1 Å². The molecule has 0 amide bonds. The lowest BCUT2D eigenvalue weighted by atomic mass is 10.3. The highest BCUT2D eigenvalue weighted by Crippen LogP contribution is 2.28. The molecule has 2 aromatic rings. The summed E-state index contributed by atoms with van der Waals surface area (Å²) in [4.78, 5) is 18.1. The van der Waals surface area contributed by atoms with Crippen LogP contribution in [-0.4, -0.2) is 24.7 Å². The van der Waals surface area contributed by atoms with Crippen molar-refractivity contribution in [2.45, 2.75) is 13.8 Å². The number of rotatable bonds is 3. The fourth-order valence-electron chi connectivity index (χ4n) is 1.58. The second-order valence-electron chi connectivity index (χ2n) is 3.95. The molecule has 0 spiro atoms. The van der Waals surface area contributed by atoms with E-state index in [1.165, 1.54) is 6.92 Å². The van der Waals surface area contributed by atoms with Gasteiger partial charge < -0.3 is 5.32 Å². The molecule has 0 bridgehead atoms. The van der Waals surface area contributed by atoms with E-state index in [-0.39, 0.29) is 22.5 Å². The van der Waals surface area contributed by atoms with Crippen LogP contribution in [0.1, 0.15) is 11.4 Å². The number of nitrogens with zero attached hydrogens (tertiary/aromatic N) is 5. The van der Waals surface area contributed by atoms with E-state index in [0.717, 1.165) is 5.69 Å². The van der Waals surface area contributed by atoms with E-state index < -0.39 is 4.92 Å². The van der Waals surface area contributed by atoms with Gasteiger partial charge in [-0.15, -0.1) is 0 Å². The number of aryl methyl sites for hydroxylation is 3. The maximum absolute atomic E-state index is 11.0. The van der Waals surface area contributed by atoms with Gasteiger partial charge >= 0.3 is 5.69 Å². The summed E-state index contributed by atoms with van der Waals surface area (Å²) >= 11 is 5.72. The van der Waals surface area contributed by atoms with Crippen LogP contribution in [-0.2, 0) is 7.05 Å². The standard InChI is InChI=1S/C10H11ClN6O2/c1-5-4-7(15-16(5)3)13-9-8(17(18)19)6(2)12-10(11)14-9/h4H,1-3H3,(H,12,13,14,15). The maximum atomic E-state index is 11.0. The average Bonchev–Trinajstić information content (AvgIpc) is 2.55. The summed E-state index contributed by atoms with van der Waals surface area (Å²) in [5, 5.41) is 17.9. The average molecular weight is 283 g/mol. The Kier molecular flexibility index (Phi) is 3.34. The first-order valence-electron chi connectivity index (χ1n) is 5.34. The van der Waals surface area contributed by atoms with Gasteiger partial charge in [-0.1, -0.05) is 0 Å². The van der Waals surface area contributed by atoms with Crippen LogP contribution in [0.5, 0.6) is 0 Å². The second kappa shape index (κ2) is 4.81. The van der Waals surface area contributed by atoms with Crippen LogP contribution in [0, 0.1) is 24.0 Å². The molecule has 2 heterocycles. The topological polar surface area (TPSA) is 98.8 Å². The molecule has 100 valence electrons. The van der Waals surface area contributed by atoms with E-state index in [0.29, 0.717) is 5.82 Å². The quantitative estimate of drug-likeness (QED) is 0.526. The number of nitro groups is 1. The van der Waals surface area contributed by atoms with Crippen LogP contribution < -0.4 is 5.32 Å². The van der Waals surface area contributed by atoms with E-state index in [1.54, 1.807) is 17.8 Å². The minimum absolute atomic E-state index is 0.0283. The van der Waals surface area contributed by atoms with Gasteiger partial charge in [-0.25, -0.2) is 4.98 Å². The predicted octanol–water partition coefficient (Wildman–Crippen LogP) is 2.13. The Morgan fingerprint density at radius 3 is 2.63 bits per heavy atom. The summed E-state index contributed by atoms with van der Waals surface area (Å²) in [5.41, 5.74) is 0.884. The number of halogens is 1. The largest absolute Gasteiger partial charge is 0.332 e. The lowest BCUT2D eigenvalue weighted by Crippen LogP contribution is -2.04. The van der Waals surface area contributed by atoms with Crippen molar-refractivity contribution in [1.82, 2.24) is 19.7 Å². The fourth-order valence-corrected chi connectivity index (χ4v) is 1.79. The van der Waals surface area contributed by atoms with Crippen LogP contribution in [0.25, 0.3) is 0 Å². The van der Waals surface area contributed by atoms with Crippen molar-refractivity contribution in [3.05, 3.63) is 32.9 Å². The highest BCUT2D eigenvalue weighted by atomic mass is 35.5. The third-order valence-electron chi connectivity index (χ3n) is 2.57. The van der Waals surface area contributed by atoms with Crippen molar-refractivity contribution in [3.8, 4) is 0 Å². The maximum Gasteiger partial charge on any atom is 0.332 e. The summed E-state index contributed by atoms with van der Waals surface area (Å²) in [6.07, 6.45) is 0. The van der Waals surface area contributed by atoms with Gasteiger partial charge in [0, 0.05) is 18.8 Å². The fraction of sp³-hybridized carbons (Fsp3) is 0.300. The van der Waals surface area contributed by atoms with Crippen molar-refractivity contribution in [1.29, 1.82) is 0 Å². The van der Waals surface area contributed by atoms with E-state index in [4.69, 9.17) is 11.6 Å². The number of anilines is 2. The van der Waals surface area contributed by atoms with E-state index >= 15 is 0 Å².